The van der Waals surface area contributed by atoms with E-state index >= 15 is 0 Å². The molecule has 1 aliphatic carbocycles. The molecule has 4 heteroatoms. The Morgan fingerprint density at radius 3 is 2.41 bits per heavy atom. The van der Waals surface area contributed by atoms with Crippen LogP contribution in [0.25, 0.3) is 0 Å². The minimum absolute atomic E-state index is 0.0593. The lowest BCUT2D eigenvalue weighted by Gasteiger charge is -2.26. The number of rotatable bonds is 4. The van der Waals surface area contributed by atoms with Crippen molar-refractivity contribution in [1.82, 2.24) is 4.90 Å². The minimum atomic E-state index is -0.542. The lowest BCUT2D eigenvalue weighted by atomic mass is 10.2. The monoisotopic (exact) mass is 237 g/mol. The van der Waals surface area contributed by atoms with Crippen molar-refractivity contribution in [2.75, 3.05) is 6.54 Å². The average molecular weight is 237 g/mol. The van der Waals surface area contributed by atoms with Gasteiger partial charge >= 0.3 is 6.09 Å². The van der Waals surface area contributed by atoms with Crippen LogP contribution >= 0.6 is 0 Å². The topological polar surface area (TPSA) is 46.6 Å². The summed E-state index contributed by atoms with van der Waals surface area (Å²) in [5.41, 5.74) is -0.542. The molecule has 4 nitrogen and oxygen atoms in total. The predicted octanol–water partition coefficient (Wildman–Crippen LogP) is 1.98. The standard InChI is InChI=1S/C13H19NO3/c1-5-6-11(15)9-14(10-7-8-10)12(16)17-13(2,3)4/h1,10H,6-9H2,2-4H3. The fraction of sp³-hybridized carbons (Fsp3) is 0.692. The van der Waals surface area contributed by atoms with Crippen LogP contribution in [-0.4, -0.2) is 35.0 Å². The molecule has 0 aromatic carbocycles. The van der Waals surface area contributed by atoms with Gasteiger partial charge in [-0.05, 0) is 33.6 Å². The summed E-state index contributed by atoms with van der Waals surface area (Å²) in [6.45, 7) is 5.47. The first-order chi connectivity index (χ1) is 7.83. The van der Waals surface area contributed by atoms with Crippen molar-refractivity contribution >= 4 is 11.9 Å². The number of carbonyl (C=O) groups is 2. The van der Waals surface area contributed by atoms with E-state index in [1.165, 1.54) is 4.90 Å². The van der Waals surface area contributed by atoms with E-state index in [2.05, 4.69) is 5.92 Å². The zero-order valence-electron chi connectivity index (χ0n) is 10.7. The number of hydrogen-bond acceptors (Lipinski definition) is 3. The van der Waals surface area contributed by atoms with Gasteiger partial charge in [0.1, 0.15) is 5.60 Å². The van der Waals surface area contributed by atoms with Gasteiger partial charge < -0.3 is 4.74 Å². The van der Waals surface area contributed by atoms with Gasteiger partial charge in [-0.15, -0.1) is 6.42 Å². The number of hydrogen-bond donors (Lipinski definition) is 0. The molecule has 0 N–H and O–H groups in total. The van der Waals surface area contributed by atoms with Crippen molar-refractivity contribution in [3.63, 3.8) is 0 Å². The van der Waals surface area contributed by atoms with Gasteiger partial charge in [0, 0.05) is 6.04 Å². The van der Waals surface area contributed by atoms with Crippen LogP contribution in [0, 0.1) is 12.3 Å². The van der Waals surface area contributed by atoms with Crippen molar-refractivity contribution in [2.45, 2.75) is 51.7 Å². The third-order valence-corrected chi connectivity index (χ3v) is 2.26. The Hall–Kier alpha value is -1.50. The fourth-order valence-corrected chi connectivity index (χ4v) is 1.41. The van der Waals surface area contributed by atoms with Crippen LogP contribution in [0.3, 0.4) is 0 Å². The number of terminal acetylenes is 1. The third kappa shape index (κ3) is 4.90. The quantitative estimate of drug-likeness (QED) is 0.702. The van der Waals surface area contributed by atoms with E-state index in [1.54, 1.807) is 20.8 Å². The molecular weight excluding hydrogens is 218 g/mol. The summed E-state index contributed by atoms with van der Waals surface area (Å²) >= 11 is 0. The van der Waals surface area contributed by atoms with Crippen molar-refractivity contribution in [3.8, 4) is 12.3 Å². The minimum Gasteiger partial charge on any atom is -0.444 e. The molecule has 0 aromatic rings. The molecule has 17 heavy (non-hydrogen) atoms. The van der Waals surface area contributed by atoms with Crippen LogP contribution in [0.15, 0.2) is 0 Å². The van der Waals surface area contributed by atoms with E-state index in [1.807, 2.05) is 0 Å². The second kappa shape index (κ2) is 5.22. The third-order valence-electron chi connectivity index (χ3n) is 2.26. The number of amides is 1. The molecule has 0 atom stereocenters. The molecule has 0 saturated heterocycles. The maximum absolute atomic E-state index is 11.9. The lowest BCUT2D eigenvalue weighted by molar-refractivity contribution is -0.119. The van der Waals surface area contributed by atoms with Crippen molar-refractivity contribution in [2.24, 2.45) is 0 Å². The first-order valence-electron chi connectivity index (χ1n) is 5.78. The maximum atomic E-state index is 11.9. The highest BCUT2D eigenvalue weighted by molar-refractivity contribution is 5.86. The second-order valence-electron chi connectivity index (χ2n) is 5.26. The number of Topliss-reactive ketones (excluding diaryl/α,β-unsaturated/α-hetero) is 1. The highest BCUT2D eigenvalue weighted by Gasteiger charge is 2.36. The van der Waals surface area contributed by atoms with Gasteiger partial charge in [-0.2, -0.15) is 0 Å². The summed E-state index contributed by atoms with van der Waals surface area (Å²) in [5.74, 6) is 2.17. The van der Waals surface area contributed by atoms with Crippen LogP contribution in [0.2, 0.25) is 0 Å². The SMILES string of the molecule is C#CCC(=O)CN(C(=O)OC(C)(C)C)C1CC1. The molecule has 0 aliphatic heterocycles. The van der Waals surface area contributed by atoms with Gasteiger partial charge in [-0.1, -0.05) is 5.92 Å². The zero-order chi connectivity index (χ0) is 13.1. The van der Waals surface area contributed by atoms with Crippen LogP contribution in [0.4, 0.5) is 4.79 Å². The van der Waals surface area contributed by atoms with Gasteiger partial charge in [0.15, 0.2) is 5.78 Å². The number of ether oxygens (including phenoxy) is 1. The summed E-state index contributed by atoms with van der Waals surface area (Å²) in [5, 5.41) is 0. The largest absolute Gasteiger partial charge is 0.444 e. The molecular formula is C13H19NO3. The summed E-state index contributed by atoms with van der Waals surface area (Å²) in [4.78, 5) is 24.8. The molecule has 1 fully saturated rings. The van der Waals surface area contributed by atoms with E-state index in [-0.39, 0.29) is 24.8 Å². The Bertz CT molecular complexity index is 345. The van der Waals surface area contributed by atoms with Gasteiger partial charge in [-0.3, -0.25) is 9.69 Å². The zero-order valence-corrected chi connectivity index (χ0v) is 10.7. The maximum Gasteiger partial charge on any atom is 0.410 e. The first-order valence-corrected chi connectivity index (χ1v) is 5.78. The Labute approximate surface area is 102 Å². The summed E-state index contributed by atoms with van der Waals surface area (Å²) in [7, 11) is 0. The molecule has 0 radical (unpaired) electrons. The molecule has 0 aromatic heterocycles. The lowest BCUT2D eigenvalue weighted by Crippen LogP contribution is -2.41. The van der Waals surface area contributed by atoms with Crippen LogP contribution in [-0.2, 0) is 9.53 Å². The van der Waals surface area contributed by atoms with Crippen molar-refractivity contribution in [3.05, 3.63) is 0 Å². The van der Waals surface area contributed by atoms with E-state index in [4.69, 9.17) is 11.2 Å². The first kappa shape index (κ1) is 13.6. The highest BCUT2D eigenvalue weighted by Crippen LogP contribution is 2.28. The van der Waals surface area contributed by atoms with Gasteiger partial charge in [-0.25, -0.2) is 4.79 Å². The van der Waals surface area contributed by atoms with E-state index in [9.17, 15) is 9.59 Å². The Balaban J connectivity index is 2.57. The molecule has 1 rings (SSSR count). The molecule has 1 aliphatic rings. The molecule has 0 spiro atoms. The predicted molar refractivity (Wildman–Crippen MR) is 64.4 cm³/mol. The van der Waals surface area contributed by atoms with Crippen LogP contribution < -0.4 is 0 Å². The summed E-state index contributed by atoms with van der Waals surface area (Å²) in [6.07, 6.45) is 6.57. The van der Waals surface area contributed by atoms with Crippen LogP contribution in [0.5, 0.6) is 0 Å². The fourth-order valence-electron chi connectivity index (χ4n) is 1.41. The number of nitrogens with zero attached hydrogens (tertiary/aromatic N) is 1. The molecule has 0 bridgehead atoms. The molecule has 94 valence electrons. The number of ketones is 1. The van der Waals surface area contributed by atoms with Gasteiger partial charge in [0.25, 0.3) is 0 Å². The summed E-state index contributed by atoms with van der Waals surface area (Å²) in [6, 6.07) is 0.145. The second-order valence-corrected chi connectivity index (χ2v) is 5.26. The van der Waals surface area contributed by atoms with Crippen LogP contribution in [0.1, 0.15) is 40.0 Å². The van der Waals surface area contributed by atoms with Gasteiger partial charge in [0.05, 0.1) is 13.0 Å². The molecule has 0 unspecified atom stereocenters. The normalized spacial score (nSPS) is 14.9. The highest BCUT2D eigenvalue weighted by atomic mass is 16.6. The van der Waals surface area contributed by atoms with Crippen molar-refractivity contribution < 1.29 is 14.3 Å². The average Bonchev–Trinajstić information content (AvgIpc) is 2.94. The van der Waals surface area contributed by atoms with E-state index in [0.717, 1.165) is 12.8 Å². The van der Waals surface area contributed by atoms with Crippen molar-refractivity contribution in [1.29, 1.82) is 0 Å². The van der Waals surface area contributed by atoms with Gasteiger partial charge in [0.2, 0.25) is 0 Å². The number of carbonyl (C=O) groups excluding carboxylic acids is 2. The Morgan fingerprint density at radius 1 is 1.41 bits per heavy atom. The Morgan fingerprint density at radius 2 is 2.00 bits per heavy atom. The smallest absolute Gasteiger partial charge is 0.410 e. The molecule has 1 saturated carbocycles. The van der Waals surface area contributed by atoms with E-state index < -0.39 is 11.7 Å². The summed E-state index contributed by atoms with van der Waals surface area (Å²) < 4.78 is 5.26. The Kier molecular flexibility index (Phi) is 4.17. The van der Waals surface area contributed by atoms with E-state index in [0.29, 0.717) is 0 Å². The molecule has 0 heterocycles. The molecule has 1 amide bonds.